The standard InChI is InChI=1S/C17H29NO/c1-5-7-8-16-9-11-17(12-10-16)15(4)18-13-14(3)19-6-2/h9-12,14-15,18H,5-8,13H2,1-4H3. The van der Waals surface area contributed by atoms with E-state index >= 15 is 0 Å². The predicted molar refractivity (Wildman–Crippen MR) is 82.6 cm³/mol. The van der Waals surface area contributed by atoms with Crippen molar-refractivity contribution in [2.24, 2.45) is 0 Å². The lowest BCUT2D eigenvalue weighted by Crippen LogP contribution is -2.29. The van der Waals surface area contributed by atoms with E-state index in [1.54, 1.807) is 0 Å². The minimum absolute atomic E-state index is 0.274. The Morgan fingerprint density at radius 3 is 2.37 bits per heavy atom. The quantitative estimate of drug-likeness (QED) is 0.724. The van der Waals surface area contributed by atoms with E-state index in [-0.39, 0.29) is 6.10 Å². The monoisotopic (exact) mass is 263 g/mol. The fraction of sp³-hybridized carbons (Fsp3) is 0.647. The SMILES string of the molecule is CCCCc1ccc(C(C)NCC(C)OCC)cc1. The number of hydrogen-bond acceptors (Lipinski definition) is 2. The van der Waals surface area contributed by atoms with Gasteiger partial charge >= 0.3 is 0 Å². The minimum Gasteiger partial charge on any atom is -0.377 e. The highest BCUT2D eigenvalue weighted by Gasteiger charge is 2.07. The number of nitrogens with one attached hydrogen (secondary N) is 1. The molecular formula is C17H29NO. The first-order chi connectivity index (χ1) is 9.17. The Labute approximate surface area is 118 Å². The maximum Gasteiger partial charge on any atom is 0.0671 e. The number of benzene rings is 1. The second-order valence-corrected chi connectivity index (χ2v) is 5.24. The van der Waals surface area contributed by atoms with Crippen LogP contribution in [0.15, 0.2) is 24.3 Å². The van der Waals surface area contributed by atoms with E-state index in [1.807, 2.05) is 6.92 Å². The Kier molecular flexibility index (Phi) is 7.76. The van der Waals surface area contributed by atoms with Gasteiger partial charge in [-0.2, -0.15) is 0 Å². The fourth-order valence-electron chi connectivity index (χ4n) is 2.16. The lowest BCUT2D eigenvalue weighted by Gasteiger charge is -2.18. The summed E-state index contributed by atoms with van der Waals surface area (Å²) in [5.74, 6) is 0. The Morgan fingerprint density at radius 2 is 1.79 bits per heavy atom. The second-order valence-electron chi connectivity index (χ2n) is 5.24. The van der Waals surface area contributed by atoms with Gasteiger partial charge < -0.3 is 10.1 Å². The van der Waals surface area contributed by atoms with Crippen LogP contribution in [0.4, 0.5) is 0 Å². The average molecular weight is 263 g/mol. The summed E-state index contributed by atoms with van der Waals surface area (Å²) in [7, 11) is 0. The van der Waals surface area contributed by atoms with E-state index in [1.165, 1.54) is 30.4 Å². The van der Waals surface area contributed by atoms with E-state index in [0.29, 0.717) is 6.04 Å². The van der Waals surface area contributed by atoms with Gasteiger partial charge in [-0.05, 0) is 44.7 Å². The van der Waals surface area contributed by atoms with Gasteiger partial charge in [0.05, 0.1) is 6.10 Å². The molecule has 1 N–H and O–H groups in total. The van der Waals surface area contributed by atoms with Crippen molar-refractivity contribution in [3.05, 3.63) is 35.4 Å². The van der Waals surface area contributed by atoms with Crippen LogP contribution in [0.5, 0.6) is 0 Å². The zero-order valence-electron chi connectivity index (χ0n) is 12.9. The first-order valence-corrected chi connectivity index (χ1v) is 7.61. The molecule has 0 amide bonds. The third-order valence-electron chi connectivity index (χ3n) is 3.46. The summed E-state index contributed by atoms with van der Waals surface area (Å²) < 4.78 is 5.53. The molecule has 108 valence electrons. The molecule has 2 atom stereocenters. The van der Waals surface area contributed by atoms with Crippen LogP contribution in [-0.2, 0) is 11.2 Å². The molecule has 0 aliphatic rings. The van der Waals surface area contributed by atoms with E-state index in [4.69, 9.17) is 4.74 Å². The Bertz CT molecular complexity index is 334. The van der Waals surface area contributed by atoms with Crippen molar-refractivity contribution in [2.45, 2.75) is 59.1 Å². The molecule has 0 fully saturated rings. The summed E-state index contributed by atoms with van der Waals surface area (Å²) in [5.41, 5.74) is 2.80. The number of unbranched alkanes of at least 4 members (excludes halogenated alkanes) is 1. The van der Waals surface area contributed by atoms with Crippen LogP contribution in [0.1, 0.15) is 57.7 Å². The van der Waals surface area contributed by atoms with Gasteiger partial charge in [0, 0.05) is 19.2 Å². The largest absolute Gasteiger partial charge is 0.377 e. The van der Waals surface area contributed by atoms with Crippen LogP contribution >= 0.6 is 0 Å². The lowest BCUT2D eigenvalue weighted by atomic mass is 10.0. The van der Waals surface area contributed by atoms with Gasteiger partial charge in [0.1, 0.15) is 0 Å². The van der Waals surface area contributed by atoms with Crippen molar-refractivity contribution in [2.75, 3.05) is 13.2 Å². The molecule has 2 unspecified atom stereocenters. The molecule has 0 bridgehead atoms. The predicted octanol–water partition coefficient (Wildman–Crippen LogP) is 4.10. The van der Waals surface area contributed by atoms with E-state index in [2.05, 4.69) is 50.4 Å². The van der Waals surface area contributed by atoms with Gasteiger partial charge in [-0.25, -0.2) is 0 Å². The van der Waals surface area contributed by atoms with E-state index in [9.17, 15) is 0 Å². The molecule has 0 aliphatic heterocycles. The Morgan fingerprint density at radius 1 is 1.11 bits per heavy atom. The summed E-state index contributed by atoms with van der Waals surface area (Å²) >= 11 is 0. The second kappa shape index (κ2) is 9.11. The highest BCUT2D eigenvalue weighted by molar-refractivity contribution is 5.24. The molecule has 2 nitrogen and oxygen atoms in total. The minimum atomic E-state index is 0.274. The van der Waals surface area contributed by atoms with Crippen molar-refractivity contribution in [3.63, 3.8) is 0 Å². The van der Waals surface area contributed by atoms with Gasteiger partial charge in [-0.1, -0.05) is 37.6 Å². The summed E-state index contributed by atoms with van der Waals surface area (Å²) in [4.78, 5) is 0. The van der Waals surface area contributed by atoms with Crippen LogP contribution in [-0.4, -0.2) is 19.3 Å². The third kappa shape index (κ3) is 6.22. The van der Waals surface area contributed by atoms with Crippen molar-refractivity contribution in [1.29, 1.82) is 0 Å². The Balaban J connectivity index is 2.41. The molecule has 2 heteroatoms. The molecular weight excluding hydrogens is 234 g/mol. The van der Waals surface area contributed by atoms with E-state index < -0.39 is 0 Å². The smallest absolute Gasteiger partial charge is 0.0671 e. The van der Waals surface area contributed by atoms with Crippen LogP contribution in [0.3, 0.4) is 0 Å². The molecule has 19 heavy (non-hydrogen) atoms. The van der Waals surface area contributed by atoms with Crippen LogP contribution < -0.4 is 5.32 Å². The molecule has 0 radical (unpaired) electrons. The molecule has 1 rings (SSSR count). The van der Waals surface area contributed by atoms with Crippen LogP contribution in [0.25, 0.3) is 0 Å². The summed E-state index contributed by atoms with van der Waals surface area (Å²) in [5, 5.41) is 3.52. The number of rotatable bonds is 9. The van der Waals surface area contributed by atoms with Gasteiger partial charge in [0.15, 0.2) is 0 Å². The van der Waals surface area contributed by atoms with Crippen molar-refractivity contribution < 1.29 is 4.74 Å². The number of ether oxygens (including phenoxy) is 1. The average Bonchev–Trinajstić information content (AvgIpc) is 2.43. The molecule has 1 aromatic carbocycles. The highest BCUT2D eigenvalue weighted by atomic mass is 16.5. The number of aryl methyl sites for hydroxylation is 1. The summed E-state index contributed by atoms with van der Waals surface area (Å²) in [6, 6.07) is 9.38. The summed E-state index contributed by atoms with van der Waals surface area (Å²) in [6.45, 7) is 10.3. The maximum atomic E-state index is 5.53. The van der Waals surface area contributed by atoms with Crippen molar-refractivity contribution >= 4 is 0 Å². The van der Waals surface area contributed by atoms with Crippen molar-refractivity contribution in [1.82, 2.24) is 5.32 Å². The normalized spacial score (nSPS) is 14.3. The lowest BCUT2D eigenvalue weighted by molar-refractivity contribution is 0.0743. The highest BCUT2D eigenvalue weighted by Crippen LogP contribution is 2.14. The molecule has 0 saturated heterocycles. The first-order valence-electron chi connectivity index (χ1n) is 7.61. The summed E-state index contributed by atoms with van der Waals surface area (Å²) in [6.07, 6.45) is 4.00. The van der Waals surface area contributed by atoms with Crippen LogP contribution in [0, 0.1) is 0 Å². The van der Waals surface area contributed by atoms with E-state index in [0.717, 1.165) is 13.2 Å². The molecule has 0 aromatic heterocycles. The van der Waals surface area contributed by atoms with Gasteiger partial charge in [0.25, 0.3) is 0 Å². The zero-order valence-corrected chi connectivity index (χ0v) is 12.9. The fourth-order valence-corrected chi connectivity index (χ4v) is 2.16. The van der Waals surface area contributed by atoms with Gasteiger partial charge in [0.2, 0.25) is 0 Å². The van der Waals surface area contributed by atoms with Crippen LogP contribution in [0.2, 0.25) is 0 Å². The zero-order chi connectivity index (χ0) is 14.1. The molecule has 0 aliphatic carbocycles. The topological polar surface area (TPSA) is 21.3 Å². The first kappa shape index (κ1) is 16.2. The molecule has 0 spiro atoms. The van der Waals surface area contributed by atoms with Gasteiger partial charge in [-0.3, -0.25) is 0 Å². The van der Waals surface area contributed by atoms with Crippen molar-refractivity contribution in [3.8, 4) is 0 Å². The third-order valence-corrected chi connectivity index (χ3v) is 3.46. The maximum absolute atomic E-state index is 5.53. The molecule has 1 aromatic rings. The molecule has 0 heterocycles. The molecule has 0 saturated carbocycles. The Hall–Kier alpha value is -0.860. The van der Waals surface area contributed by atoms with Gasteiger partial charge in [-0.15, -0.1) is 0 Å². The number of hydrogen-bond donors (Lipinski definition) is 1.